The SMILES string of the molecule is COc1cc2c(cc1NC(=O)N(CCCl)N=O)-c1ccccc1C2. The van der Waals surface area contributed by atoms with E-state index in [0.29, 0.717) is 11.4 Å². The molecule has 7 heteroatoms. The largest absolute Gasteiger partial charge is 0.495 e. The number of anilines is 1. The van der Waals surface area contributed by atoms with Gasteiger partial charge in [-0.2, -0.15) is 5.01 Å². The van der Waals surface area contributed by atoms with Crippen molar-refractivity contribution in [1.82, 2.24) is 5.01 Å². The Kier molecular flexibility index (Phi) is 4.66. The number of carbonyl (C=O) groups is 1. The number of nitrogens with one attached hydrogen (secondary N) is 1. The zero-order valence-electron chi connectivity index (χ0n) is 13.1. The summed E-state index contributed by atoms with van der Waals surface area (Å²) in [6.07, 6.45) is 0.824. The number of carbonyl (C=O) groups excluding carboxylic acids is 1. The van der Waals surface area contributed by atoms with Crippen molar-refractivity contribution in [3.05, 3.63) is 52.4 Å². The molecule has 0 heterocycles. The molecule has 2 amide bonds. The van der Waals surface area contributed by atoms with Gasteiger partial charge in [0.2, 0.25) is 0 Å². The van der Waals surface area contributed by atoms with Gasteiger partial charge in [0.1, 0.15) is 5.75 Å². The molecule has 0 bridgehead atoms. The number of nitroso groups, excluding NO2 is 1. The lowest BCUT2D eigenvalue weighted by atomic mass is 10.0. The molecule has 0 aliphatic heterocycles. The van der Waals surface area contributed by atoms with Crippen molar-refractivity contribution < 1.29 is 9.53 Å². The monoisotopic (exact) mass is 345 g/mol. The maximum atomic E-state index is 12.2. The van der Waals surface area contributed by atoms with Crippen LogP contribution in [0, 0.1) is 4.91 Å². The van der Waals surface area contributed by atoms with Gasteiger partial charge in [0.15, 0.2) is 0 Å². The van der Waals surface area contributed by atoms with Crippen LogP contribution >= 0.6 is 11.6 Å². The van der Waals surface area contributed by atoms with Gasteiger partial charge in [-0.05, 0) is 40.8 Å². The normalized spacial score (nSPS) is 11.4. The molecule has 0 fully saturated rings. The Hall–Kier alpha value is -2.60. The predicted molar refractivity (Wildman–Crippen MR) is 93.5 cm³/mol. The van der Waals surface area contributed by atoms with E-state index in [2.05, 4.69) is 16.7 Å². The van der Waals surface area contributed by atoms with Crippen molar-refractivity contribution in [1.29, 1.82) is 0 Å². The van der Waals surface area contributed by atoms with E-state index in [4.69, 9.17) is 16.3 Å². The molecule has 1 N–H and O–H groups in total. The van der Waals surface area contributed by atoms with Gasteiger partial charge in [0.05, 0.1) is 24.6 Å². The second-order valence-electron chi connectivity index (χ2n) is 5.37. The van der Waals surface area contributed by atoms with Crippen LogP contribution in [0.3, 0.4) is 0 Å². The fourth-order valence-electron chi connectivity index (χ4n) is 2.87. The standard InChI is InChI=1S/C17H16ClN3O3/c1-24-16-9-12-8-11-4-2-3-5-13(11)14(12)10-15(16)19-17(22)21(20-23)7-6-18/h2-5,9-10H,6-8H2,1H3,(H,19,22). The molecule has 0 atom stereocenters. The predicted octanol–water partition coefficient (Wildman–Crippen LogP) is 4.02. The van der Waals surface area contributed by atoms with Gasteiger partial charge < -0.3 is 10.1 Å². The van der Waals surface area contributed by atoms with Crippen LogP contribution in [0.5, 0.6) is 5.75 Å². The van der Waals surface area contributed by atoms with E-state index < -0.39 is 6.03 Å². The van der Waals surface area contributed by atoms with Crippen molar-refractivity contribution in [3.63, 3.8) is 0 Å². The summed E-state index contributed by atoms with van der Waals surface area (Å²) < 4.78 is 5.38. The third-order valence-electron chi connectivity index (χ3n) is 3.98. The molecule has 3 rings (SSSR count). The highest BCUT2D eigenvalue weighted by atomic mass is 35.5. The number of urea groups is 1. The van der Waals surface area contributed by atoms with E-state index in [1.807, 2.05) is 30.3 Å². The molecule has 1 aliphatic rings. The molecule has 6 nitrogen and oxygen atoms in total. The van der Waals surface area contributed by atoms with Crippen molar-refractivity contribution in [2.75, 3.05) is 24.9 Å². The van der Waals surface area contributed by atoms with E-state index in [9.17, 15) is 9.70 Å². The number of halogens is 1. The lowest BCUT2D eigenvalue weighted by Gasteiger charge is -2.16. The second-order valence-corrected chi connectivity index (χ2v) is 5.75. The average molecular weight is 346 g/mol. The van der Waals surface area contributed by atoms with Crippen LogP contribution in [0.4, 0.5) is 10.5 Å². The third kappa shape index (κ3) is 2.92. The minimum Gasteiger partial charge on any atom is -0.495 e. The minimum atomic E-state index is -0.643. The van der Waals surface area contributed by atoms with E-state index in [-0.39, 0.29) is 12.4 Å². The second kappa shape index (κ2) is 6.88. The number of nitrogens with zero attached hydrogens (tertiary/aromatic N) is 2. The van der Waals surface area contributed by atoms with Gasteiger partial charge in [0, 0.05) is 5.88 Å². The summed E-state index contributed by atoms with van der Waals surface area (Å²) in [5.74, 6) is 0.653. The van der Waals surface area contributed by atoms with Gasteiger partial charge in [-0.1, -0.05) is 24.3 Å². The Morgan fingerprint density at radius 1 is 1.29 bits per heavy atom. The van der Waals surface area contributed by atoms with Crippen LogP contribution < -0.4 is 10.1 Å². The number of alkyl halides is 1. The fourth-order valence-corrected chi connectivity index (χ4v) is 3.03. The minimum absolute atomic E-state index is 0.0347. The first-order chi connectivity index (χ1) is 11.7. The van der Waals surface area contributed by atoms with Gasteiger partial charge in [0.25, 0.3) is 0 Å². The van der Waals surface area contributed by atoms with Crippen LogP contribution in [0.15, 0.2) is 41.7 Å². The Bertz CT molecular complexity index is 795. The molecule has 124 valence electrons. The van der Waals surface area contributed by atoms with Crippen LogP contribution in [0.1, 0.15) is 11.1 Å². The van der Waals surface area contributed by atoms with Crippen LogP contribution in [0.2, 0.25) is 0 Å². The van der Waals surface area contributed by atoms with Crippen LogP contribution in [-0.2, 0) is 6.42 Å². The lowest BCUT2D eigenvalue weighted by molar-refractivity contribution is 0.216. The van der Waals surface area contributed by atoms with Crippen LogP contribution in [-0.4, -0.2) is 30.6 Å². The van der Waals surface area contributed by atoms with Crippen molar-refractivity contribution in [3.8, 4) is 16.9 Å². The quantitative estimate of drug-likeness (QED) is 0.431. The topological polar surface area (TPSA) is 71.0 Å². The fraction of sp³-hybridized carbons (Fsp3) is 0.235. The van der Waals surface area contributed by atoms with Crippen molar-refractivity contribution >= 4 is 23.3 Å². The number of benzene rings is 2. The lowest BCUT2D eigenvalue weighted by Crippen LogP contribution is -2.31. The first-order valence-corrected chi connectivity index (χ1v) is 7.98. The van der Waals surface area contributed by atoms with E-state index in [1.54, 1.807) is 0 Å². The van der Waals surface area contributed by atoms with Gasteiger partial charge in [-0.25, -0.2) is 4.79 Å². The van der Waals surface area contributed by atoms with Gasteiger partial charge in [-0.3, -0.25) is 0 Å². The summed E-state index contributed by atoms with van der Waals surface area (Å²) in [6.45, 7) is 0.0347. The molecule has 2 aromatic carbocycles. The highest BCUT2D eigenvalue weighted by molar-refractivity contribution is 6.18. The third-order valence-corrected chi connectivity index (χ3v) is 4.15. The van der Waals surface area contributed by atoms with Gasteiger partial charge >= 0.3 is 6.03 Å². The summed E-state index contributed by atoms with van der Waals surface area (Å²) in [5, 5.41) is 6.09. The Balaban J connectivity index is 1.95. The number of ether oxygens (including phenoxy) is 1. The maximum Gasteiger partial charge on any atom is 0.344 e. The van der Waals surface area contributed by atoms with E-state index >= 15 is 0 Å². The Morgan fingerprint density at radius 2 is 2.08 bits per heavy atom. The Labute approximate surface area is 144 Å². The summed E-state index contributed by atoms with van der Waals surface area (Å²) >= 11 is 5.57. The first-order valence-electron chi connectivity index (χ1n) is 7.45. The highest BCUT2D eigenvalue weighted by Gasteiger charge is 2.22. The average Bonchev–Trinajstić information content (AvgIpc) is 2.96. The molecule has 24 heavy (non-hydrogen) atoms. The first kappa shape index (κ1) is 16.3. The molecule has 0 spiro atoms. The summed E-state index contributed by atoms with van der Waals surface area (Å²) in [5.41, 5.74) is 5.04. The number of fused-ring (bicyclic) bond motifs is 3. The molecule has 0 radical (unpaired) electrons. The zero-order chi connectivity index (χ0) is 17.1. The van der Waals surface area contributed by atoms with Gasteiger partial charge in [-0.15, -0.1) is 16.5 Å². The number of amides is 2. The number of hydrogen-bond donors (Lipinski definition) is 1. The highest BCUT2D eigenvalue weighted by Crippen LogP contribution is 2.41. The molecule has 0 aromatic heterocycles. The van der Waals surface area contributed by atoms with E-state index in [0.717, 1.165) is 28.1 Å². The molecule has 1 aliphatic carbocycles. The Morgan fingerprint density at radius 3 is 2.79 bits per heavy atom. The summed E-state index contributed by atoms with van der Waals surface area (Å²) in [7, 11) is 1.54. The van der Waals surface area contributed by atoms with Crippen molar-refractivity contribution in [2.24, 2.45) is 5.29 Å². The number of rotatable bonds is 5. The maximum absolute atomic E-state index is 12.2. The van der Waals surface area contributed by atoms with Crippen LogP contribution in [0.25, 0.3) is 11.1 Å². The zero-order valence-corrected chi connectivity index (χ0v) is 13.8. The molecule has 0 unspecified atom stereocenters. The summed E-state index contributed by atoms with van der Waals surface area (Å²) in [4.78, 5) is 22.9. The molecular weight excluding hydrogens is 330 g/mol. The number of hydrogen-bond acceptors (Lipinski definition) is 4. The summed E-state index contributed by atoms with van der Waals surface area (Å²) in [6, 6.07) is 11.2. The molecule has 2 aromatic rings. The molecule has 0 saturated heterocycles. The smallest absolute Gasteiger partial charge is 0.344 e. The molecular formula is C17H16ClN3O3. The van der Waals surface area contributed by atoms with E-state index in [1.165, 1.54) is 12.7 Å². The number of methoxy groups -OCH3 is 1. The molecule has 0 saturated carbocycles. The van der Waals surface area contributed by atoms with Crippen molar-refractivity contribution in [2.45, 2.75) is 6.42 Å².